The number of ether oxygens (including phenoxy) is 1. The smallest absolute Gasteiger partial charge is 0.402 e. The fourth-order valence-electron chi connectivity index (χ4n) is 0.998. The van der Waals surface area contributed by atoms with E-state index in [1.165, 1.54) is 13.0 Å². The molecule has 1 rings (SSSR count). The van der Waals surface area contributed by atoms with Gasteiger partial charge in [0.25, 0.3) is 0 Å². The Labute approximate surface area is 78.3 Å². The highest BCUT2D eigenvalue weighted by atomic mass is 19.4. The molecule has 0 aliphatic heterocycles. The van der Waals surface area contributed by atoms with E-state index in [1.54, 1.807) is 6.92 Å². The van der Waals surface area contributed by atoms with E-state index in [1.807, 2.05) is 0 Å². The summed E-state index contributed by atoms with van der Waals surface area (Å²) in [6.07, 6.45) is -4.86. The second kappa shape index (κ2) is 3.48. The van der Waals surface area contributed by atoms with Crippen molar-refractivity contribution in [1.29, 1.82) is 0 Å². The molecule has 0 spiro atoms. The fourth-order valence-corrected chi connectivity index (χ4v) is 0.998. The lowest BCUT2D eigenvalue weighted by atomic mass is 10.1. The van der Waals surface area contributed by atoms with Crippen molar-refractivity contribution in [2.75, 3.05) is 0 Å². The summed E-state index contributed by atoms with van der Waals surface area (Å²) in [6.45, 7) is 2.96. The molecular formula is C9H8F4O. The molecule has 78 valence electrons. The van der Waals surface area contributed by atoms with Crippen LogP contribution in [0.25, 0.3) is 0 Å². The summed E-state index contributed by atoms with van der Waals surface area (Å²) >= 11 is 0. The monoisotopic (exact) mass is 208 g/mol. The Hall–Kier alpha value is -1.26. The molecule has 0 saturated heterocycles. The molecule has 1 nitrogen and oxygen atoms in total. The average Bonchev–Trinajstić information content (AvgIpc) is 2.04. The molecule has 0 radical (unpaired) electrons. The standard InChI is InChI=1S/C9H8F4O/c1-5-3-4-7(10)8(6(5)2)14-9(11,12)13/h3-4H,1-2H3. The predicted octanol–water partition coefficient (Wildman–Crippen LogP) is 3.34. The van der Waals surface area contributed by atoms with E-state index < -0.39 is 17.9 Å². The van der Waals surface area contributed by atoms with Crippen molar-refractivity contribution in [2.24, 2.45) is 0 Å². The zero-order valence-corrected chi connectivity index (χ0v) is 7.57. The molecule has 0 aliphatic carbocycles. The van der Waals surface area contributed by atoms with Crippen LogP contribution in [0, 0.1) is 19.7 Å². The summed E-state index contributed by atoms with van der Waals surface area (Å²) in [5.41, 5.74) is 0.702. The van der Waals surface area contributed by atoms with Crippen molar-refractivity contribution in [3.8, 4) is 5.75 Å². The average molecular weight is 208 g/mol. The maximum atomic E-state index is 12.9. The fraction of sp³-hybridized carbons (Fsp3) is 0.333. The molecule has 1 aromatic rings. The van der Waals surface area contributed by atoms with Gasteiger partial charge in [0, 0.05) is 0 Å². The first kappa shape index (κ1) is 10.8. The molecule has 14 heavy (non-hydrogen) atoms. The number of aryl methyl sites for hydroxylation is 1. The molecule has 0 atom stereocenters. The summed E-state index contributed by atoms with van der Waals surface area (Å²) < 4.78 is 52.0. The van der Waals surface area contributed by atoms with E-state index in [-0.39, 0.29) is 5.56 Å². The maximum Gasteiger partial charge on any atom is 0.573 e. The third-order valence-corrected chi connectivity index (χ3v) is 1.85. The van der Waals surface area contributed by atoms with Gasteiger partial charge in [0.1, 0.15) is 0 Å². The zero-order valence-electron chi connectivity index (χ0n) is 7.57. The van der Waals surface area contributed by atoms with Crippen molar-refractivity contribution >= 4 is 0 Å². The highest BCUT2D eigenvalue weighted by Crippen LogP contribution is 2.30. The van der Waals surface area contributed by atoms with E-state index >= 15 is 0 Å². The first-order valence-electron chi connectivity index (χ1n) is 3.82. The lowest BCUT2D eigenvalue weighted by Gasteiger charge is -2.13. The Bertz CT molecular complexity index is 343. The number of hydrogen-bond acceptors (Lipinski definition) is 1. The number of alkyl halides is 3. The number of halogens is 4. The maximum absolute atomic E-state index is 12.9. The lowest BCUT2D eigenvalue weighted by molar-refractivity contribution is -0.275. The third-order valence-electron chi connectivity index (χ3n) is 1.85. The van der Waals surface area contributed by atoms with Crippen LogP contribution in [0.4, 0.5) is 17.6 Å². The Balaban J connectivity index is 3.13. The van der Waals surface area contributed by atoms with E-state index in [9.17, 15) is 17.6 Å². The van der Waals surface area contributed by atoms with Crippen LogP contribution in [0.3, 0.4) is 0 Å². The Morgan fingerprint density at radius 1 is 1.14 bits per heavy atom. The van der Waals surface area contributed by atoms with Crippen molar-refractivity contribution in [2.45, 2.75) is 20.2 Å². The first-order chi connectivity index (χ1) is 6.31. The summed E-state index contributed by atoms with van der Waals surface area (Å²) in [7, 11) is 0. The largest absolute Gasteiger partial charge is 0.573 e. The summed E-state index contributed by atoms with van der Waals surface area (Å²) in [6, 6.07) is 2.34. The minimum absolute atomic E-state index is 0.155. The molecule has 0 aromatic heterocycles. The zero-order chi connectivity index (χ0) is 10.9. The van der Waals surface area contributed by atoms with Gasteiger partial charge in [-0.25, -0.2) is 4.39 Å². The first-order valence-corrected chi connectivity index (χ1v) is 3.82. The molecule has 0 amide bonds. The molecule has 0 aliphatic rings. The van der Waals surface area contributed by atoms with Gasteiger partial charge in [0.2, 0.25) is 0 Å². The molecule has 0 heterocycles. The molecule has 5 heteroatoms. The van der Waals surface area contributed by atoms with Crippen molar-refractivity contribution in [1.82, 2.24) is 0 Å². The molecule has 0 N–H and O–H groups in total. The van der Waals surface area contributed by atoms with Crippen molar-refractivity contribution in [3.05, 3.63) is 29.1 Å². The van der Waals surface area contributed by atoms with Crippen molar-refractivity contribution in [3.63, 3.8) is 0 Å². The Morgan fingerprint density at radius 2 is 1.71 bits per heavy atom. The van der Waals surface area contributed by atoms with Crippen LogP contribution in [0.2, 0.25) is 0 Å². The van der Waals surface area contributed by atoms with E-state index in [4.69, 9.17) is 0 Å². The van der Waals surface area contributed by atoms with Gasteiger partial charge in [-0.3, -0.25) is 0 Å². The summed E-state index contributed by atoms with van der Waals surface area (Å²) in [5.74, 6) is -1.76. The molecule has 1 aromatic carbocycles. The number of benzene rings is 1. The van der Waals surface area contributed by atoms with Crippen LogP contribution in [0.5, 0.6) is 5.75 Å². The highest BCUT2D eigenvalue weighted by molar-refractivity contribution is 5.39. The topological polar surface area (TPSA) is 9.23 Å². The van der Waals surface area contributed by atoms with Gasteiger partial charge >= 0.3 is 6.36 Å². The predicted molar refractivity (Wildman–Crippen MR) is 42.6 cm³/mol. The van der Waals surface area contributed by atoms with E-state index in [0.717, 1.165) is 6.07 Å². The highest BCUT2D eigenvalue weighted by Gasteiger charge is 2.33. The van der Waals surface area contributed by atoms with Crippen LogP contribution >= 0.6 is 0 Å². The SMILES string of the molecule is Cc1ccc(F)c(OC(F)(F)F)c1C. The second-order valence-corrected chi connectivity index (χ2v) is 2.87. The van der Waals surface area contributed by atoms with Gasteiger partial charge in [0.05, 0.1) is 0 Å². The minimum Gasteiger partial charge on any atom is -0.402 e. The Morgan fingerprint density at radius 3 is 2.21 bits per heavy atom. The van der Waals surface area contributed by atoms with Crippen LogP contribution < -0.4 is 4.74 Å². The van der Waals surface area contributed by atoms with Gasteiger partial charge < -0.3 is 4.74 Å². The van der Waals surface area contributed by atoms with Crippen LogP contribution in [-0.4, -0.2) is 6.36 Å². The van der Waals surface area contributed by atoms with Crippen molar-refractivity contribution < 1.29 is 22.3 Å². The normalized spacial score (nSPS) is 11.6. The molecule has 0 bridgehead atoms. The molecule has 0 unspecified atom stereocenters. The minimum atomic E-state index is -4.86. The van der Waals surface area contributed by atoms with Gasteiger partial charge in [0.15, 0.2) is 11.6 Å². The number of hydrogen-bond donors (Lipinski definition) is 0. The molecule has 0 saturated carbocycles. The summed E-state index contributed by atoms with van der Waals surface area (Å²) in [5, 5.41) is 0. The van der Waals surface area contributed by atoms with Gasteiger partial charge in [-0.1, -0.05) is 6.07 Å². The van der Waals surface area contributed by atoms with E-state index in [0.29, 0.717) is 5.56 Å². The quantitative estimate of drug-likeness (QED) is 0.643. The van der Waals surface area contributed by atoms with Gasteiger partial charge in [-0.05, 0) is 31.0 Å². The molecule has 0 fully saturated rings. The summed E-state index contributed by atoms with van der Waals surface area (Å²) in [4.78, 5) is 0. The van der Waals surface area contributed by atoms with Crippen LogP contribution in [0.15, 0.2) is 12.1 Å². The number of rotatable bonds is 1. The third kappa shape index (κ3) is 2.37. The van der Waals surface area contributed by atoms with Crippen LogP contribution in [0.1, 0.15) is 11.1 Å². The lowest BCUT2D eigenvalue weighted by Crippen LogP contribution is -2.18. The van der Waals surface area contributed by atoms with E-state index in [2.05, 4.69) is 4.74 Å². The van der Waals surface area contributed by atoms with Gasteiger partial charge in [-0.2, -0.15) is 0 Å². The van der Waals surface area contributed by atoms with Gasteiger partial charge in [-0.15, -0.1) is 13.2 Å². The van der Waals surface area contributed by atoms with Crippen LogP contribution in [-0.2, 0) is 0 Å². The second-order valence-electron chi connectivity index (χ2n) is 2.87. The molecular weight excluding hydrogens is 200 g/mol. The Kier molecular flexibility index (Phi) is 2.69.